The molecule has 3 N–H and O–H groups in total. The van der Waals surface area contributed by atoms with Gasteiger partial charge in [0.05, 0.1) is 6.42 Å². The van der Waals surface area contributed by atoms with Crippen molar-refractivity contribution in [2.24, 2.45) is 5.41 Å². The first kappa shape index (κ1) is 12.5. The monoisotopic (exact) mass is 228 g/mol. The SMILES string of the molecule is CC1(C)CC1NC(=O)NC(=O)CCC(=O)O. The number of rotatable bonds is 4. The van der Waals surface area contributed by atoms with Crippen molar-refractivity contribution < 1.29 is 19.5 Å². The van der Waals surface area contributed by atoms with Crippen LogP contribution in [0.2, 0.25) is 0 Å². The van der Waals surface area contributed by atoms with Gasteiger partial charge in [0.1, 0.15) is 0 Å². The van der Waals surface area contributed by atoms with Gasteiger partial charge in [0.25, 0.3) is 0 Å². The first-order valence-corrected chi connectivity index (χ1v) is 5.13. The van der Waals surface area contributed by atoms with E-state index in [9.17, 15) is 14.4 Å². The number of carbonyl (C=O) groups excluding carboxylic acids is 2. The van der Waals surface area contributed by atoms with E-state index in [4.69, 9.17) is 5.11 Å². The Kier molecular flexibility index (Phi) is 3.51. The van der Waals surface area contributed by atoms with Gasteiger partial charge in [0.2, 0.25) is 5.91 Å². The van der Waals surface area contributed by atoms with Crippen molar-refractivity contribution in [3.63, 3.8) is 0 Å². The Morgan fingerprint density at radius 2 is 1.88 bits per heavy atom. The highest BCUT2D eigenvalue weighted by Gasteiger charge is 2.46. The van der Waals surface area contributed by atoms with Crippen LogP contribution in [0.15, 0.2) is 0 Å². The summed E-state index contributed by atoms with van der Waals surface area (Å²) in [5, 5.41) is 13.1. The Hall–Kier alpha value is -1.59. The number of imide groups is 1. The second kappa shape index (κ2) is 4.51. The smallest absolute Gasteiger partial charge is 0.321 e. The first-order chi connectivity index (χ1) is 7.31. The molecule has 0 aromatic carbocycles. The van der Waals surface area contributed by atoms with E-state index in [1.54, 1.807) is 0 Å². The molecule has 0 heterocycles. The number of nitrogens with one attached hydrogen (secondary N) is 2. The number of carbonyl (C=O) groups is 3. The number of urea groups is 1. The van der Waals surface area contributed by atoms with Crippen LogP contribution in [0.4, 0.5) is 4.79 Å². The third kappa shape index (κ3) is 3.88. The number of aliphatic carboxylic acids is 1. The molecule has 1 saturated carbocycles. The Morgan fingerprint density at radius 3 is 2.31 bits per heavy atom. The van der Waals surface area contributed by atoms with Crippen LogP contribution in [0.1, 0.15) is 33.1 Å². The standard InChI is InChI=1S/C10H16N2O4/c1-10(2)5-6(10)11-9(16)12-7(13)3-4-8(14)15/h6H,3-5H2,1-2H3,(H,14,15)(H2,11,12,13,16). The second-order valence-electron chi connectivity index (χ2n) is 4.66. The minimum atomic E-state index is -1.06. The highest BCUT2D eigenvalue weighted by molar-refractivity contribution is 5.95. The Morgan fingerprint density at radius 1 is 1.31 bits per heavy atom. The second-order valence-corrected chi connectivity index (χ2v) is 4.66. The lowest BCUT2D eigenvalue weighted by atomic mass is 10.2. The van der Waals surface area contributed by atoms with Crippen molar-refractivity contribution in [1.82, 2.24) is 10.6 Å². The topological polar surface area (TPSA) is 95.5 Å². The number of hydrogen-bond acceptors (Lipinski definition) is 3. The first-order valence-electron chi connectivity index (χ1n) is 5.13. The molecule has 0 radical (unpaired) electrons. The molecule has 1 fully saturated rings. The number of carboxylic acid groups (broad SMARTS) is 1. The molecule has 0 aliphatic heterocycles. The summed E-state index contributed by atoms with van der Waals surface area (Å²) in [6.07, 6.45) is 0.439. The van der Waals surface area contributed by atoms with E-state index in [0.29, 0.717) is 0 Å². The van der Waals surface area contributed by atoms with Crippen LogP contribution >= 0.6 is 0 Å². The average Bonchev–Trinajstić information content (AvgIpc) is 2.69. The number of hydrogen-bond donors (Lipinski definition) is 3. The Balaban J connectivity index is 2.19. The summed E-state index contributed by atoms with van der Waals surface area (Å²) in [4.78, 5) is 32.5. The van der Waals surface area contributed by atoms with Crippen LogP contribution in [-0.4, -0.2) is 29.1 Å². The molecule has 3 amide bonds. The summed E-state index contributed by atoms with van der Waals surface area (Å²) in [7, 11) is 0. The fourth-order valence-corrected chi connectivity index (χ4v) is 1.32. The van der Waals surface area contributed by atoms with Crippen LogP contribution in [0, 0.1) is 5.41 Å². The molecule has 0 aromatic rings. The van der Waals surface area contributed by atoms with Crippen molar-refractivity contribution in [2.45, 2.75) is 39.2 Å². The maximum Gasteiger partial charge on any atom is 0.321 e. The fourth-order valence-electron chi connectivity index (χ4n) is 1.32. The molecule has 6 nitrogen and oxygen atoms in total. The molecule has 1 aliphatic carbocycles. The molecule has 16 heavy (non-hydrogen) atoms. The van der Waals surface area contributed by atoms with E-state index in [-0.39, 0.29) is 24.3 Å². The summed E-state index contributed by atoms with van der Waals surface area (Å²) in [5.41, 5.74) is 0.0987. The van der Waals surface area contributed by atoms with Crippen molar-refractivity contribution in [2.75, 3.05) is 0 Å². The van der Waals surface area contributed by atoms with Gasteiger partial charge < -0.3 is 10.4 Å². The van der Waals surface area contributed by atoms with E-state index >= 15 is 0 Å². The molecule has 0 saturated heterocycles. The predicted molar refractivity (Wildman–Crippen MR) is 55.7 cm³/mol. The minimum Gasteiger partial charge on any atom is -0.481 e. The Labute approximate surface area is 93.4 Å². The third-order valence-corrected chi connectivity index (χ3v) is 2.64. The summed E-state index contributed by atoms with van der Waals surface area (Å²) in [6.45, 7) is 4.04. The largest absolute Gasteiger partial charge is 0.481 e. The van der Waals surface area contributed by atoms with Gasteiger partial charge in [-0.3, -0.25) is 14.9 Å². The third-order valence-electron chi connectivity index (χ3n) is 2.64. The zero-order chi connectivity index (χ0) is 12.3. The van der Waals surface area contributed by atoms with Gasteiger partial charge in [0.15, 0.2) is 0 Å². The quantitative estimate of drug-likeness (QED) is 0.652. The van der Waals surface area contributed by atoms with Gasteiger partial charge in [-0.05, 0) is 11.8 Å². The van der Waals surface area contributed by atoms with Crippen LogP contribution in [0.5, 0.6) is 0 Å². The highest BCUT2D eigenvalue weighted by atomic mass is 16.4. The van der Waals surface area contributed by atoms with Gasteiger partial charge >= 0.3 is 12.0 Å². The zero-order valence-electron chi connectivity index (χ0n) is 9.37. The normalized spacial score (nSPS) is 21.0. The van der Waals surface area contributed by atoms with Crippen LogP contribution < -0.4 is 10.6 Å². The lowest BCUT2D eigenvalue weighted by Crippen LogP contribution is -2.41. The van der Waals surface area contributed by atoms with Gasteiger partial charge in [-0.15, -0.1) is 0 Å². The van der Waals surface area contributed by atoms with Gasteiger partial charge in [-0.2, -0.15) is 0 Å². The van der Waals surface area contributed by atoms with Crippen LogP contribution in [0.3, 0.4) is 0 Å². The zero-order valence-corrected chi connectivity index (χ0v) is 9.37. The van der Waals surface area contributed by atoms with E-state index in [0.717, 1.165) is 6.42 Å². The Bertz CT molecular complexity index is 325. The predicted octanol–water partition coefficient (Wildman–Crippen LogP) is 0.475. The summed E-state index contributed by atoms with van der Waals surface area (Å²) >= 11 is 0. The lowest BCUT2D eigenvalue weighted by Gasteiger charge is -2.07. The molecule has 6 heteroatoms. The molecule has 0 bridgehead atoms. The van der Waals surface area contributed by atoms with Gasteiger partial charge in [-0.1, -0.05) is 13.8 Å². The summed E-state index contributed by atoms with van der Waals surface area (Å²) in [5.74, 6) is -1.63. The highest BCUT2D eigenvalue weighted by Crippen LogP contribution is 2.44. The van der Waals surface area contributed by atoms with Crippen LogP contribution in [0.25, 0.3) is 0 Å². The van der Waals surface area contributed by atoms with Crippen molar-refractivity contribution in [3.05, 3.63) is 0 Å². The number of amides is 3. The van der Waals surface area contributed by atoms with Gasteiger partial charge in [0, 0.05) is 12.5 Å². The molecule has 0 aromatic heterocycles. The summed E-state index contributed by atoms with van der Waals surface area (Å²) in [6, 6.07) is -0.453. The number of carboxylic acids is 1. The molecule has 0 spiro atoms. The lowest BCUT2D eigenvalue weighted by molar-refractivity contribution is -0.138. The van der Waals surface area contributed by atoms with E-state index in [2.05, 4.69) is 10.6 Å². The van der Waals surface area contributed by atoms with Crippen molar-refractivity contribution in [1.29, 1.82) is 0 Å². The molecule has 1 aliphatic rings. The average molecular weight is 228 g/mol. The maximum absolute atomic E-state index is 11.2. The molecule has 1 rings (SSSR count). The molecule has 90 valence electrons. The molecule has 1 unspecified atom stereocenters. The van der Waals surface area contributed by atoms with E-state index in [1.165, 1.54) is 0 Å². The van der Waals surface area contributed by atoms with Crippen molar-refractivity contribution >= 4 is 17.9 Å². The summed E-state index contributed by atoms with van der Waals surface area (Å²) < 4.78 is 0. The van der Waals surface area contributed by atoms with Gasteiger partial charge in [-0.25, -0.2) is 4.79 Å². The van der Waals surface area contributed by atoms with Crippen LogP contribution in [-0.2, 0) is 9.59 Å². The molecular formula is C10H16N2O4. The minimum absolute atomic E-state index is 0.0970. The fraction of sp³-hybridized carbons (Fsp3) is 0.700. The maximum atomic E-state index is 11.2. The van der Waals surface area contributed by atoms with E-state index in [1.807, 2.05) is 13.8 Å². The van der Waals surface area contributed by atoms with E-state index < -0.39 is 17.9 Å². The van der Waals surface area contributed by atoms with Crippen molar-refractivity contribution in [3.8, 4) is 0 Å². The molecule has 1 atom stereocenters. The molecular weight excluding hydrogens is 212 g/mol.